The number of nitrogens with one attached hydrogen (secondary N) is 2. The van der Waals surface area contributed by atoms with Gasteiger partial charge in [-0.15, -0.1) is 0 Å². The molecule has 0 aliphatic carbocycles. The topological polar surface area (TPSA) is 145 Å². The van der Waals surface area contributed by atoms with E-state index in [1.807, 2.05) is 12.1 Å². The highest BCUT2D eigenvalue weighted by Crippen LogP contribution is 2.48. The van der Waals surface area contributed by atoms with E-state index in [0.717, 1.165) is 23.1 Å². The average Bonchev–Trinajstić information content (AvgIpc) is 3.05. The summed E-state index contributed by atoms with van der Waals surface area (Å²) in [5.74, 6) is 0.968. The number of pyridine rings is 1. The Labute approximate surface area is 283 Å². The number of nitrogens with zero attached hydrogens (tertiary/aromatic N) is 2. The molecular weight excluding hydrogens is 629 g/mol. The Morgan fingerprint density at radius 2 is 1.69 bits per heavy atom. The Hall–Kier alpha value is -4.28. The molecular formula is C36H48N5O6P. The molecule has 1 heterocycles. The lowest BCUT2D eigenvalue weighted by Crippen LogP contribution is -2.23. The minimum absolute atomic E-state index is 0.206. The normalized spacial score (nSPS) is 12.4. The molecule has 0 fully saturated rings. The van der Waals surface area contributed by atoms with Gasteiger partial charge < -0.3 is 35.1 Å². The number of hydrogen-bond acceptors (Lipinski definition) is 9. The second-order valence-electron chi connectivity index (χ2n) is 11.4. The molecule has 2 atom stereocenters. The van der Waals surface area contributed by atoms with Crippen LogP contribution in [0.2, 0.25) is 0 Å². The number of aromatic nitrogens is 1. The van der Waals surface area contributed by atoms with Crippen molar-refractivity contribution in [2.75, 3.05) is 50.3 Å². The van der Waals surface area contributed by atoms with Crippen LogP contribution in [0.15, 0.2) is 66.9 Å². The smallest absolute Gasteiger partial charge is 0.361 e. The number of benzene rings is 3. The van der Waals surface area contributed by atoms with Crippen molar-refractivity contribution >= 4 is 53.7 Å². The number of hydrogen-bond donors (Lipinski definition) is 3. The number of rotatable bonds is 16. The molecule has 48 heavy (non-hydrogen) atoms. The fraction of sp³-hybridized carbons (Fsp3) is 0.361. The van der Waals surface area contributed by atoms with Gasteiger partial charge in [0.25, 0.3) is 0 Å². The highest BCUT2D eigenvalue weighted by Gasteiger charge is 2.30. The predicted octanol–water partition coefficient (Wildman–Crippen LogP) is 6.78. The fourth-order valence-electron chi connectivity index (χ4n) is 5.44. The molecule has 0 bridgehead atoms. The number of carbonyl (C=O) groups excluding carboxylic acids is 2. The van der Waals surface area contributed by atoms with Gasteiger partial charge in [-0.2, -0.15) is 0 Å². The minimum atomic E-state index is -3.47. The molecule has 11 nitrogen and oxygen atoms in total. The van der Waals surface area contributed by atoms with Crippen LogP contribution < -0.4 is 21.7 Å². The van der Waals surface area contributed by atoms with Gasteiger partial charge in [-0.3, -0.25) is 14.2 Å². The Balaban J connectivity index is 0.000000265. The number of methoxy groups -OCH3 is 1. The van der Waals surface area contributed by atoms with E-state index in [0.29, 0.717) is 41.1 Å². The molecule has 258 valence electrons. The highest BCUT2D eigenvalue weighted by molar-refractivity contribution is 7.62. The molecule has 1 unspecified atom stereocenters. The van der Waals surface area contributed by atoms with Crippen molar-refractivity contribution in [3.05, 3.63) is 89.1 Å². The van der Waals surface area contributed by atoms with Crippen LogP contribution in [0.1, 0.15) is 61.9 Å². The van der Waals surface area contributed by atoms with E-state index in [4.69, 9.17) is 19.5 Å². The number of ether oxygens (including phenoxy) is 1. The molecule has 0 saturated carbocycles. The Morgan fingerprint density at radius 3 is 2.31 bits per heavy atom. The molecule has 2 amide bonds. The monoisotopic (exact) mass is 677 g/mol. The van der Waals surface area contributed by atoms with Crippen molar-refractivity contribution in [3.8, 4) is 0 Å². The van der Waals surface area contributed by atoms with Gasteiger partial charge in [0.2, 0.25) is 12.8 Å². The maximum atomic E-state index is 12.9. The van der Waals surface area contributed by atoms with Crippen molar-refractivity contribution in [2.45, 2.75) is 53.1 Å². The van der Waals surface area contributed by atoms with Crippen LogP contribution in [0.25, 0.3) is 10.8 Å². The Kier molecular flexibility index (Phi) is 14.6. The second-order valence-corrected chi connectivity index (χ2v) is 13.4. The van der Waals surface area contributed by atoms with Gasteiger partial charge in [0.05, 0.1) is 25.1 Å². The molecule has 1 aromatic heterocycles. The molecule has 3 aromatic carbocycles. The van der Waals surface area contributed by atoms with Crippen LogP contribution in [0.4, 0.5) is 17.2 Å². The van der Waals surface area contributed by atoms with E-state index in [1.54, 1.807) is 52.4 Å². The van der Waals surface area contributed by atoms with Crippen LogP contribution in [0.5, 0.6) is 0 Å². The third-order valence-electron chi connectivity index (χ3n) is 7.72. The van der Waals surface area contributed by atoms with Crippen molar-refractivity contribution in [1.29, 1.82) is 0 Å². The number of fused-ring (bicyclic) bond motifs is 1. The molecule has 12 heteroatoms. The molecule has 4 N–H and O–H groups in total. The van der Waals surface area contributed by atoms with E-state index < -0.39 is 7.60 Å². The lowest BCUT2D eigenvalue weighted by atomic mass is 9.93. The van der Waals surface area contributed by atoms with Gasteiger partial charge in [0.1, 0.15) is 5.82 Å². The average molecular weight is 678 g/mol. The molecule has 0 saturated heterocycles. The van der Waals surface area contributed by atoms with E-state index in [2.05, 4.69) is 66.7 Å². The standard InChI is InChI=1S/C22H27N3O.C14H21N2O5P/c1-14-11-17(5-7-20(14)15(2)13-26-4)16(3)25-19-6-8-21-18(12-19)9-10-24-22(21)23;1-4-20-22(19,21-5-2)14-7-6-13(15-10-17)8-12(14)9-16(3)11-18/h5-12,15-16,25H,13H2,1-4H3,(H2,23,24);6-8,10-11H,4-5,9H2,1-3H3,(H,15,17)/t15?,16-;/m0./s1. The third kappa shape index (κ3) is 10.1. The first-order valence-corrected chi connectivity index (χ1v) is 17.4. The van der Waals surface area contributed by atoms with E-state index >= 15 is 0 Å². The lowest BCUT2D eigenvalue weighted by Gasteiger charge is -2.22. The van der Waals surface area contributed by atoms with Gasteiger partial charge >= 0.3 is 7.60 Å². The maximum Gasteiger partial charge on any atom is 0.361 e. The molecule has 4 aromatic rings. The summed E-state index contributed by atoms with van der Waals surface area (Å²) in [6.07, 6.45) is 2.96. The summed E-state index contributed by atoms with van der Waals surface area (Å²) in [6, 6.07) is 19.9. The van der Waals surface area contributed by atoms with Crippen LogP contribution in [0.3, 0.4) is 0 Å². The number of anilines is 3. The number of carbonyl (C=O) groups is 2. The van der Waals surface area contributed by atoms with Crippen molar-refractivity contribution < 1.29 is 27.9 Å². The van der Waals surface area contributed by atoms with Crippen LogP contribution >= 0.6 is 7.60 Å². The first-order valence-electron chi connectivity index (χ1n) is 15.9. The summed E-state index contributed by atoms with van der Waals surface area (Å²) < 4.78 is 28.9. The van der Waals surface area contributed by atoms with Gasteiger partial charge in [-0.25, -0.2) is 4.98 Å². The number of nitrogens with two attached hydrogens (primary N) is 1. The van der Waals surface area contributed by atoms with Crippen molar-refractivity contribution in [3.63, 3.8) is 0 Å². The first-order chi connectivity index (χ1) is 23.0. The van der Waals surface area contributed by atoms with Gasteiger partial charge in [0.15, 0.2) is 0 Å². The van der Waals surface area contributed by atoms with Crippen LogP contribution in [0, 0.1) is 6.92 Å². The van der Waals surface area contributed by atoms with Crippen LogP contribution in [-0.4, -0.2) is 56.7 Å². The van der Waals surface area contributed by atoms with E-state index in [-0.39, 0.29) is 25.8 Å². The second kappa shape index (κ2) is 18.3. The third-order valence-corrected chi connectivity index (χ3v) is 9.94. The van der Waals surface area contributed by atoms with Crippen molar-refractivity contribution in [2.24, 2.45) is 0 Å². The number of nitrogen functional groups attached to an aromatic ring is 1. The van der Waals surface area contributed by atoms with E-state index in [1.165, 1.54) is 21.6 Å². The van der Waals surface area contributed by atoms with Gasteiger partial charge in [-0.05, 0) is 97.8 Å². The maximum absolute atomic E-state index is 12.9. The van der Waals surface area contributed by atoms with Crippen LogP contribution in [-0.2, 0) is 34.5 Å². The largest absolute Gasteiger partial charge is 0.384 e. The predicted molar refractivity (Wildman–Crippen MR) is 194 cm³/mol. The lowest BCUT2D eigenvalue weighted by molar-refractivity contribution is -0.117. The Bertz CT molecular complexity index is 1710. The summed E-state index contributed by atoms with van der Waals surface area (Å²) in [7, 11) is -0.124. The summed E-state index contributed by atoms with van der Waals surface area (Å²) in [6.45, 7) is 11.4. The fourth-order valence-corrected chi connectivity index (χ4v) is 7.22. The quantitative estimate of drug-likeness (QED) is 0.0863. The Morgan fingerprint density at radius 1 is 0.979 bits per heavy atom. The summed E-state index contributed by atoms with van der Waals surface area (Å²) >= 11 is 0. The van der Waals surface area contributed by atoms with Gasteiger partial charge in [-0.1, -0.05) is 25.1 Å². The first kappa shape index (κ1) is 38.2. The van der Waals surface area contributed by atoms with Crippen molar-refractivity contribution in [1.82, 2.24) is 9.88 Å². The van der Waals surface area contributed by atoms with Gasteiger partial charge in [0, 0.05) is 55.6 Å². The summed E-state index contributed by atoms with van der Waals surface area (Å²) in [4.78, 5) is 27.0. The number of amides is 2. The summed E-state index contributed by atoms with van der Waals surface area (Å²) in [5.41, 5.74) is 12.0. The molecule has 0 spiro atoms. The highest BCUT2D eigenvalue weighted by atomic mass is 31.2. The molecule has 0 aliphatic rings. The molecule has 4 rings (SSSR count). The summed E-state index contributed by atoms with van der Waals surface area (Å²) in [5, 5.41) is 8.57. The van der Waals surface area contributed by atoms with E-state index in [9.17, 15) is 14.2 Å². The minimum Gasteiger partial charge on any atom is -0.384 e. The zero-order valence-corrected chi connectivity index (χ0v) is 29.8. The molecule has 0 radical (unpaired) electrons. The number of aryl methyl sites for hydroxylation is 1. The molecule has 0 aliphatic heterocycles. The SMILES string of the molecule is CCOP(=O)(OCC)c1ccc(NC=O)cc1CN(C)C=O.COCC(C)c1ccc([C@H](C)Nc2ccc3c(N)nccc3c2)cc1C. The zero-order chi connectivity index (χ0) is 35.3. The zero-order valence-electron chi connectivity index (χ0n) is 28.9.